The number of aliphatic hydroxyl groups excluding tert-OH is 1. The number of nitrogens with zero attached hydrogens (tertiary/aromatic N) is 1. The molecule has 3 fully saturated rings. The lowest BCUT2D eigenvalue weighted by Gasteiger charge is -2.37. The summed E-state index contributed by atoms with van der Waals surface area (Å²) in [5.74, 6) is -1.77. The number of benzene rings is 2. The van der Waals surface area contributed by atoms with E-state index in [1.165, 1.54) is 4.90 Å². The van der Waals surface area contributed by atoms with E-state index in [0.717, 1.165) is 12.0 Å². The van der Waals surface area contributed by atoms with E-state index in [0.29, 0.717) is 43.7 Å². The number of carbonyl (C=O) groups is 3. The molecule has 3 aliphatic heterocycles. The van der Waals surface area contributed by atoms with Gasteiger partial charge in [0, 0.05) is 12.2 Å². The number of methoxy groups -OCH3 is 1. The molecule has 9 nitrogen and oxygen atoms in total. The van der Waals surface area contributed by atoms with E-state index in [-0.39, 0.29) is 18.4 Å². The fourth-order valence-electron chi connectivity index (χ4n) is 7.13. The number of hydrogen-bond acceptors (Lipinski definition) is 6. The number of ether oxygens (including phenoxy) is 2. The molecule has 2 aromatic rings. The fraction of sp³-hybridized carbons (Fsp3) is 0.516. The second-order valence-electron chi connectivity index (χ2n) is 11.1. The number of rotatable bonds is 11. The highest BCUT2D eigenvalue weighted by molar-refractivity contribution is 6.04. The monoisotopic (exact) mass is 549 g/mol. The highest BCUT2D eigenvalue weighted by Gasteiger charge is 2.79. The van der Waals surface area contributed by atoms with Crippen LogP contribution in [0.4, 0.5) is 5.69 Å². The zero-order valence-corrected chi connectivity index (χ0v) is 23.4. The predicted molar refractivity (Wildman–Crippen MR) is 150 cm³/mol. The zero-order valence-electron chi connectivity index (χ0n) is 23.4. The van der Waals surface area contributed by atoms with Gasteiger partial charge in [-0.05, 0) is 61.9 Å². The third-order valence-corrected chi connectivity index (χ3v) is 8.97. The van der Waals surface area contributed by atoms with Gasteiger partial charge in [0.25, 0.3) is 0 Å². The molecule has 9 heteroatoms. The maximum atomic E-state index is 14.4. The van der Waals surface area contributed by atoms with Crippen LogP contribution in [0.5, 0.6) is 5.75 Å². The molecule has 1 spiro atoms. The zero-order chi connectivity index (χ0) is 28.5. The molecule has 5 rings (SSSR count). The van der Waals surface area contributed by atoms with Crippen LogP contribution in [0.25, 0.3) is 0 Å². The molecule has 3 heterocycles. The van der Waals surface area contributed by atoms with Gasteiger partial charge in [-0.25, -0.2) is 0 Å². The Bertz CT molecular complexity index is 1240. The van der Waals surface area contributed by atoms with Gasteiger partial charge in [-0.2, -0.15) is 0 Å². The van der Waals surface area contributed by atoms with Gasteiger partial charge in [-0.3, -0.25) is 14.4 Å². The minimum Gasteiger partial charge on any atom is -0.497 e. The Morgan fingerprint density at radius 3 is 2.45 bits per heavy atom. The summed E-state index contributed by atoms with van der Waals surface area (Å²) in [4.78, 5) is 43.7. The van der Waals surface area contributed by atoms with Crippen LogP contribution in [0.15, 0.2) is 54.6 Å². The van der Waals surface area contributed by atoms with Crippen molar-refractivity contribution in [2.24, 2.45) is 11.8 Å². The highest BCUT2D eigenvalue weighted by atomic mass is 16.5. The van der Waals surface area contributed by atoms with Crippen LogP contribution < -0.4 is 15.4 Å². The topological polar surface area (TPSA) is 117 Å². The van der Waals surface area contributed by atoms with E-state index in [4.69, 9.17) is 9.47 Å². The maximum absolute atomic E-state index is 14.4. The van der Waals surface area contributed by atoms with E-state index in [9.17, 15) is 19.5 Å². The number of likely N-dealkylation sites (tertiary alicyclic amines) is 1. The molecule has 3 amide bonds. The Morgan fingerprint density at radius 2 is 1.82 bits per heavy atom. The van der Waals surface area contributed by atoms with E-state index in [2.05, 4.69) is 10.6 Å². The fourth-order valence-corrected chi connectivity index (χ4v) is 7.13. The molecule has 0 aliphatic carbocycles. The summed E-state index contributed by atoms with van der Waals surface area (Å²) in [5.41, 5.74) is -0.485. The van der Waals surface area contributed by atoms with Gasteiger partial charge < -0.3 is 30.1 Å². The van der Waals surface area contributed by atoms with Gasteiger partial charge in [-0.1, -0.05) is 44.2 Å². The first-order chi connectivity index (χ1) is 19.3. The minimum atomic E-state index is -1.16. The van der Waals surface area contributed by atoms with E-state index < -0.39 is 41.0 Å². The number of nitrogens with one attached hydrogen (secondary N) is 2. The Kier molecular flexibility index (Phi) is 7.88. The number of aliphatic hydroxyl groups is 1. The SMILES string of the molecule is CCCNC(=O)[C@H]1[C@H]2C(=O)N([C@@H](CO)Cc3ccccc3)C(C(=O)Nc3ccc(OC)cc3)C23CC[C@]1(CC)O3. The lowest BCUT2D eigenvalue weighted by atomic mass is 9.65. The second-order valence-corrected chi connectivity index (χ2v) is 11.1. The molecular weight excluding hydrogens is 510 g/mol. The van der Waals surface area contributed by atoms with Crippen LogP contribution in [-0.4, -0.2) is 71.3 Å². The molecule has 0 saturated carbocycles. The molecule has 3 aliphatic rings. The number of anilines is 1. The van der Waals surface area contributed by atoms with Crippen LogP contribution in [0.3, 0.4) is 0 Å². The van der Waals surface area contributed by atoms with Crippen molar-refractivity contribution in [1.29, 1.82) is 0 Å². The molecule has 3 saturated heterocycles. The Labute approximate surface area is 235 Å². The molecule has 2 bridgehead atoms. The largest absolute Gasteiger partial charge is 0.497 e. The van der Waals surface area contributed by atoms with Crippen LogP contribution >= 0.6 is 0 Å². The molecule has 0 aromatic heterocycles. The quantitative estimate of drug-likeness (QED) is 0.397. The summed E-state index contributed by atoms with van der Waals surface area (Å²) in [5, 5.41) is 16.5. The molecule has 40 heavy (non-hydrogen) atoms. The smallest absolute Gasteiger partial charge is 0.250 e. The molecule has 0 radical (unpaired) electrons. The van der Waals surface area contributed by atoms with Crippen molar-refractivity contribution < 1.29 is 29.0 Å². The average Bonchev–Trinajstić information content (AvgIpc) is 3.59. The van der Waals surface area contributed by atoms with Gasteiger partial charge in [0.1, 0.15) is 17.4 Å². The summed E-state index contributed by atoms with van der Waals surface area (Å²) in [6.45, 7) is 4.12. The number of amides is 3. The Morgan fingerprint density at radius 1 is 1.10 bits per heavy atom. The van der Waals surface area contributed by atoms with Crippen molar-refractivity contribution in [1.82, 2.24) is 10.2 Å². The van der Waals surface area contributed by atoms with E-state index >= 15 is 0 Å². The van der Waals surface area contributed by atoms with Crippen molar-refractivity contribution in [3.63, 3.8) is 0 Å². The van der Waals surface area contributed by atoms with Gasteiger partial charge in [-0.15, -0.1) is 0 Å². The summed E-state index contributed by atoms with van der Waals surface area (Å²) < 4.78 is 12.0. The van der Waals surface area contributed by atoms with Gasteiger partial charge in [0.05, 0.1) is 37.2 Å². The van der Waals surface area contributed by atoms with Crippen LogP contribution in [0, 0.1) is 11.8 Å². The number of hydrogen-bond donors (Lipinski definition) is 3. The molecule has 6 atom stereocenters. The third kappa shape index (κ3) is 4.55. The third-order valence-electron chi connectivity index (χ3n) is 8.97. The second kappa shape index (κ2) is 11.2. The van der Waals surface area contributed by atoms with Crippen LogP contribution in [0.1, 0.15) is 45.1 Å². The highest BCUT2D eigenvalue weighted by Crippen LogP contribution is 2.64. The van der Waals surface area contributed by atoms with Gasteiger partial charge >= 0.3 is 0 Å². The number of carbonyl (C=O) groups excluding carboxylic acids is 3. The van der Waals surface area contributed by atoms with Gasteiger partial charge in [0.15, 0.2) is 0 Å². The van der Waals surface area contributed by atoms with Crippen LogP contribution in [0.2, 0.25) is 0 Å². The average molecular weight is 550 g/mol. The minimum absolute atomic E-state index is 0.205. The first kappa shape index (κ1) is 28.1. The van der Waals surface area contributed by atoms with Crippen molar-refractivity contribution in [3.8, 4) is 5.75 Å². The summed E-state index contributed by atoms with van der Waals surface area (Å²) in [7, 11) is 1.57. The van der Waals surface area contributed by atoms with E-state index in [1.54, 1.807) is 31.4 Å². The summed E-state index contributed by atoms with van der Waals surface area (Å²) >= 11 is 0. The summed E-state index contributed by atoms with van der Waals surface area (Å²) in [6, 6.07) is 14.9. The molecular formula is C31H39N3O6. The number of fused-ring (bicyclic) bond motifs is 1. The standard InChI is InChI=1S/C31H39N3O6/c1-4-17-32-27(36)24-25-29(38)34(22(19-35)18-20-9-7-6-8-10-20)26(31(25)16-15-30(24,5-2)40-31)28(37)33-21-11-13-23(39-3)14-12-21/h6-14,22,24-26,35H,4-5,15-19H2,1-3H3,(H,32,36)(H,33,37)/t22-,24-,25+,26?,30+,31?/m1/s1. The molecule has 2 aromatic carbocycles. The van der Waals surface area contributed by atoms with Crippen molar-refractivity contribution in [2.45, 2.75) is 69.2 Å². The lowest BCUT2D eigenvalue weighted by Crippen LogP contribution is -2.57. The van der Waals surface area contributed by atoms with E-state index in [1.807, 2.05) is 44.2 Å². The Hall–Kier alpha value is -3.43. The normalized spacial score (nSPS) is 29.2. The maximum Gasteiger partial charge on any atom is 0.250 e. The lowest BCUT2D eigenvalue weighted by molar-refractivity contribution is -0.149. The molecule has 214 valence electrons. The molecule has 2 unspecified atom stereocenters. The predicted octanol–water partition coefficient (Wildman–Crippen LogP) is 2.92. The Balaban J connectivity index is 1.56. The van der Waals surface area contributed by atoms with Crippen molar-refractivity contribution in [3.05, 3.63) is 60.2 Å². The first-order valence-electron chi connectivity index (χ1n) is 14.2. The first-order valence-corrected chi connectivity index (χ1v) is 14.2. The van der Waals surface area contributed by atoms with Crippen molar-refractivity contribution >= 4 is 23.4 Å². The van der Waals surface area contributed by atoms with Crippen molar-refractivity contribution in [2.75, 3.05) is 25.6 Å². The molecule has 3 N–H and O–H groups in total. The van der Waals surface area contributed by atoms with Gasteiger partial charge in [0.2, 0.25) is 17.7 Å². The summed E-state index contributed by atoms with van der Waals surface area (Å²) in [6.07, 6.45) is 2.76. The van der Waals surface area contributed by atoms with Crippen LogP contribution in [-0.2, 0) is 25.5 Å².